The molecule has 10 heteroatoms. The minimum absolute atomic E-state index is 0.0882. The van der Waals surface area contributed by atoms with Crippen LogP contribution in [0.3, 0.4) is 0 Å². The summed E-state index contributed by atoms with van der Waals surface area (Å²) in [5.41, 5.74) is 13.0. The van der Waals surface area contributed by atoms with Crippen molar-refractivity contribution < 1.29 is 4.74 Å². The Balaban J connectivity index is 1.16. The summed E-state index contributed by atoms with van der Waals surface area (Å²) in [6, 6.07) is 6.58. The van der Waals surface area contributed by atoms with Crippen LogP contribution in [0.1, 0.15) is 31.7 Å². The van der Waals surface area contributed by atoms with Crippen molar-refractivity contribution in [3.05, 3.63) is 42.4 Å². The van der Waals surface area contributed by atoms with Crippen LogP contribution in [0.25, 0.3) is 22.3 Å². The zero-order chi connectivity index (χ0) is 25.1. The second-order valence-electron chi connectivity index (χ2n) is 10.8. The largest absolute Gasteiger partial charge is 0.376 e. The van der Waals surface area contributed by atoms with E-state index in [-0.39, 0.29) is 17.6 Å². The van der Waals surface area contributed by atoms with Crippen molar-refractivity contribution in [2.75, 3.05) is 36.0 Å². The highest BCUT2D eigenvalue weighted by atomic mass is 16.5. The zero-order valence-electron chi connectivity index (χ0n) is 21.4. The number of aromatic amines is 1. The van der Waals surface area contributed by atoms with E-state index in [1.165, 1.54) is 16.8 Å². The van der Waals surface area contributed by atoms with Crippen LogP contribution in [0.5, 0.6) is 0 Å². The number of aryl methyl sites for hydroxylation is 1. The third kappa shape index (κ3) is 3.61. The molecule has 6 heterocycles. The predicted octanol–water partition coefficient (Wildman–Crippen LogP) is 3.17. The molecule has 192 valence electrons. The van der Waals surface area contributed by atoms with Crippen LogP contribution in [0.2, 0.25) is 0 Å². The van der Waals surface area contributed by atoms with Gasteiger partial charge in [0.25, 0.3) is 0 Å². The molecule has 2 saturated heterocycles. The highest BCUT2D eigenvalue weighted by Crippen LogP contribution is 2.42. The summed E-state index contributed by atoms with van der Waals surface area (Å²) >= 11 is 0. The van der Waals surface area contributed by atoms with E-state index in [2.05, 4.69) is 51.3 Å². The van der Waals surface area contributed by atoms with Crippen LogP contribution in [0, 0.1) is 5.41 Å². The Morgan fingerprint density at radius 2 is 2.03 bits per heavy atom. The summed E-state index contributed by atoms with van der Waals surface area (Å²) in [5.74, 6) is 1.72. The van der Waals surface area contributed by atoms with Crippen LogP contribution in [-0.4, -0.2) is 68.3 Å². The number of nitrogens with two attached hydrogens (primary N) is 1. The second kappa shape index (κ2) is 8.53. The Hall–Kier alpha value is -3.50. The minimum atomic E-state index is 0.0882. The molecule has 3 aromatic heterocycles. The Kier molecular flexibility index (Phi) is 5.23. The maximum absolute atomic E-state index is 6.50. The fourth-order valence-corrected chi connectivity index (χ4v) is 6.45. The van der Waals surface area contributed by atoms with Crippen molar-refractivity contribution in [2.45, 2.75) is 44.8 Å². The molecule has 0 aliphatic carbocycles. The molecule has 0 amide bonds. The lowest BCUT2D eigenvalue weighted by Gasteiger charge is -2.41. The smallest absolute Gasteiger partial charge is 0.183 e. The fourth-order valence-electron chi connectivity index (χ4n) is 6.45. The molecule has 7 rings (SSSR count). The molecule has 3 aliphatic heterocycles. The number of piperidine rings is 1. The third-order valence-electron chi connectivity index (χ3n) is 8.69. The maximum Gasteiger partial charge on any atom is 0.183 e. The monoisotopic (exact) mass is 499 g/mol. The molecular formula is C27H33N9O. The Morgan fingerprint density at radius 3 is 2.78 bits per heavy atom. The van der Waals surface area contributed by atoms with Gasteiger partial charge in [0.2, 0.25) is 0 Å². The fraction of sp³-hybridized carbons (Fsp3) is 0.481. The van der Waals surface area contributed by atoms with Crippen molar-refractivity contribution in [2.24, 2.45) is 18.2 Å². The normalized spacial score (nSPS) is 23.2. The molecule has 10 nitrogen and oxygen atoms in total. The van der Waals surface area contributed by atoms with Gasteiger partial charge in [0, 0.05) is 55.6 Å². The number of hydrogen-bond donors (Lipinski definition) is 2. The van der Waals surface area contributed by atoms with Gasteiger partial charge in [-0.1, -0.05) is 12.1 Å². The molecule has 2 fully saturated rings. The Labute approximate surface area is 215 Å². The number of ether oxygens (including phenoxy) is 1. The molecule has 0 unspecified atom stereocenters. The molecule has 4 aromatic rings. The third-order valence-corrected chi connectivity index (χ3v) is 8.69. The van der Waals surface area contributed by atoms with Gasteiger partial charge < -0.3 is 20.3 Å². The molecule has 3 aliphatic rings. The second-order valence-corrected chi connectivity index (χ2v) is 10.8. The van der Waals surface area contributed by atoms with E-state index in [0.717, 1.165) is 80.3 Å². The van der Waals surface area contributed by atoms with Crippen LogP contribution in [0.4, 0.5) is 17.3 Å². The SMILES string of the molecule is C[C@@H]1OCC2(CCN(c3cnc4c(N5CCCc6c(-c7cnn(C)c7)cccc65)n[nH]c4n3)CC2)[C@@H]1N. The molecule has 3 N–H and O–H groups in total. The minimum Gasteiger partial charge on any atom is -0.376 e. The number of aromatic nitrogens is 6. The molecule has 0 radical (unpaired) electrons. The highest BCUT2D eigenvalue weighted by molar-refractivity contribution is 5.89. The van der Waals surface area contributed by atoms with Gasteiger partial charge in [0.15, 0.2) is 17.0 Å². The first-order valence-corrected chi connectivity index (χ1v) is 13.2. The van der Waals surface area contributed by atoms with E-state index < -0.39 is 0 Å². The van der Waals surface area contributed by atoms with E-state index in [1.807, 2.05) is 24.1 Å². The van der Waals surface area contributed by atoms with Crippen molar-refractivity contribution in [3.63, 3.8) is 0 Å². The number of benzene rings is 1. The summed E-state index contributed by atoms with van der Waals surface area (Å²) in [7, 11) is 1.95. The van der Waals surface area contributed by atoms with Crippen molar-refractivity contribution in [3.8, 4) is 11.1 Å². The average molecular weight is 500 g/mol. The first-order chi connectivity index (χ1) is 18.0. The van der Waals surface area contributed by atoms with Gasteiger partial charge in [-0.05, 0) is 49.8 Å². The van der Waals surface area contributed by atoms with Crippen LogP contribution >= 0.6 is 0 Å². The van der Waals surface area contributed by atoms with E-state index in [4.69, 9.17) is 25.5 Å². The lowest BCUT2D eigenvalue weighted by Crippen LogP contribution is -2.50. The highest BCUT2D eigenvalue weighted by Gasteiger charge is 2.47. The number of rotatable bonds is 3. The quantitative estimate of drug-likeness (QED) is 0.442. The van der Waals surface area contributed by atoms with Crippen LogP contribution < -0.4 is 15.5 Å². The summed E-state index contributed by atoms with van der Waals surface area (Å²) in [5, 5.41) is 12.2. The zero-order valence-corrected chi connectivity index (χ0v) is 21.4. The van der Waals surface area contributed by atoms with Crippen molar-refractivity contribution >= 4 is 28.5 Å². The van der Waals surface area contributed by atoms with Gasteiger partial charge in [0.05, 0.1) is 25.1 Å². The number of fused-ring (bicyclic) bond motifs is 2. The summed E-state index contributed by atoms with van der Waals surface area (Å²) in [6.07, 6.45) is 10.1. The van der Waals surface area contributed by atoms with Gasteiger partial charge in [-0.2, -0.15) is 10.2 Å². The summed E-state index contributed by atoms with van der Waals surface area (Å²) < 4.78 is 7.73. The standard InChI is InChI=1S/C27H33N9O/c1-17-24(28)27(16-37-17)8-11-35(12-9-27)22-14-29-23-25(31-22)32-33-26(23)36-10-4-6-20-19(5-3-7-21(20)36)18-13-30-34(2)15-18/h3,5,7,13-15,17,24H,4,6,8-12,16,28H2,1-2H3,(H,31,32,33)/t17-,24+/m0/s1. The first-order valence-electron chi connectivity index (χ1n) is 13.2. The predicted molar refractivity (Wildman–Crippen MR) is 143 cm³/mol. The Morgan fingerprint density at radius 1 is 1.16 bits per heavy atom. The number of hydrogen-bond acceptors (Lipinski definition) is 8. The van der Waals surface area contributed by atoms with Gasteiger partial charge in [-0.3, -0.25) is 9.78 Å². The topological polar surface area (TPSA) is 114 Å². The number of nitrogens with one attached hydrogen (secondary N) is 1. The maximum atomic E-state index is 6.50. The van der Waals surface area contributed by atoms with E-state index >= 15 is 0 Å². The lowest BCUT2D eigenvalue weighted by atomic mass is 9.73. The van der Waals surface area contributed by atoms with E-state index in [9.17, 15) is 0 Å². The molecule has 1 spiro atoms. The molecule has 37 heavy (non-hydrogen) atoms. The lowest BCUT2D eigenvalue weighted by molar-refractivity contribution is 0.0974. The average Bonchev–Trinajstić information content (AvgIpc) is 3.63. The molecule has 0 saturated carbocycles. The number of H-pyrrole nitrogens is 1. The number of nitrogens with zero attached hydrogens (tertiary/aromatic N) is 7. The molecule has 2 atom stereocenters. The van der Waals surface area contributed by atoms with Crippen molar-refractivity contribution in [1.82, 2.24) is 29.9 Å². The van der Waals surface area contributed by atoms with E-state index in [1.54, 1.807) is 0 Å². The molecule has 1 aromatic carbocycles. The molecular weight excluding hydrogens is 466 g/mol. The van der Waals surface area contributed by atoms with Gasteiger partial charge in [-0.25, -0.2) is 9.97 Å². The molecule has 0 bridgehead atoms. The number of anilines is 3. The summed E-state index contributed by atoms with van der Waals surface area (Å²) in [4.78, 5) is 14.4. The van der Waals surface area contributed by atoms with Gasteiger partial charge >= 0.3 is 0 Å². The van der Waals surface area contributed by atoms with Gasteiger partial charge in [-0.15, -0.1) is 0 Å². The first kappa shape index (κ1) is 22.7. The summed E-state index contributed by atoms with van der Waals surface area (Å²) in [6.45, 7) is 5.55. The van der Waals surface area contributed by atoms with E-state index in [0.29, 0.717) is 0 Å². The van der Waals surface area contributed by atoms with Crippen LogP contribution in [-0.2, 0) is 18.2 Å². The van der Waals surface area contributed by atoms with Crippen LogP contribution in [0.15, 0.2) is 36.8 Å². The van der Waals surface area contributed by atoms with Gasteiger partial charge in [0.1, 0.15) is 5.82 Å². The van der Waals surface area contributed by atoms with Crippen molar-refractivity contribution in [1.29, 1.82) is 0 Å². The Bertz CT molecular complexity index is 1450.